The van der Waals surface area contributed by atoms with Crippen LogP contribution in [-0.2, 0) is 14.9 Å². The number of hydrogen-bond donors (Lipinski definition) is 1. The Balaban J connectivity index is 2.58. The summed E-state index contributed by atoms with van der Waals surface area (Å²) >= 11 is 0. The molecule has 0 aromatic heterocycles. The van der Waals surface area contributed by atoms with E-state index >= 15 is 0 Å². The van der Waals surface area contributed by atoms with Crippen molar-refractivity contribution in [1.82, 2.24) is 0 Å². The second-order valence-electron chi connectivity index (χ2n) is 6.51. The first-order valence-electron chi connectivity index (χ1n) is 7.36. The van der Waals surface area contributed by atoms with Crippen LogP contribution in [0.2, 0.25) is 0 Å². The molecule has 4 heteroatoms. The van der Waals surface area contributed by atoms with Crippen molar-refractivity contribution in [1.29, 1.82) is 0 Å². The molecule has 0 bridgehead atoms. The summed E-state index contributed by atoms with van der Waals surface area (Å²) in [7, 11) is 0. The average molecular weight is 293 g/mol. The van der Waals surface area contributed by atoms with Crippen molar-refractivity contribution in [2.24, 2.45) is 5.73 Å². The lowest BCUT2D eigenvalue weighted by Gasteiger charge is -2.23. The highest BCUT2D eigenvalue weighted by Gasteiger charge is 2.29. The van der Waals surface area contributed by atoms with Crippen LogP contribution in [0.3, 0.4) is 0 Å². The van der Waals surface area contributed by atoms with Crippen LogP contribution in [-0.4, -0.2) is 24.7 Å². The molecule has 0 fully saturated rings. The summed E-state index contributed by atoms with van der Waals surface area (Å²) in [4.78, 5) is 11.7. The summed E-state index contributed by atoms with van der Waals surface area (Å²) in [6.07, 6.45) is 0.408. The van der Waals surface area contributed by atoms with Gasteiger partial charge in [-0.3, -0.25) is 4.79 Å². The minimum Gasteiger partial charge on any atom is -0.493 e. The SMILES string of the molecule is CCOC(=O)C(C)(N)CCOc1cccc(C(C)(C)C)c1. The quantitative estimate of drug-likeness (QED) is 0.819. The highest BCUT2D eigenvalue weighted by molar-refractivity contribution is 5.79. The van der Waals surface area contributed by atoms with Gasteiger partial charge in [0.05, 0.1) is 13.2 Å². The van der Waals surface area contributed by atoms with Crippen LogP contribution in [0.25, 0.3) is 0 Å². The molecule has 0 aliphatic heterocycles. The van der Waals surface area contributed by atoms with Gasteiger partial charge in [0.2, 0.25) is 0 Å². The first kappa shape index (κ1) is 17.5. The van der Waals surface area contributed by atoms with E-state index in [1.165, 1.54) is 5.56 Å². The number of rotatable bonds is 6. The molecule has 1 rings (SSSR count). The van der Waals surface area contributed by atoms with E-state index in [9.17, 15) is 4.79 Å². The number of nitrogens with two attached hydrogens (primary N) is 1. The lowest BCUT2D eigenvalue weighted by molar-refractivity contribution is -0.149. The minimum atomic E-state index is -1.02. The van der Waals surface area contributed by atoms with Crippen molar-refractivity contribution < 1.29 is 14.3 Å². The van der Waals surface area contributed by atoms with E-state index in [1.54, 1.807) is 13.8 Å². The zero-order valence-electron chi connectivity index (χ0n) is 13.7. The molecule has 0 aliphatic carbocycles. The Kier molecular flexibility index (Phi) is 5.78. The van der Waals surface area contributed by atoms with Crippen molar-refractivity contribution in [2.45, 2.75) is 52.0 Å². The van der Waals surface area contributed by atoms with Crippen LogP contribution in [0.1, 0.15) is 46.6 Å². The van der Waals surface area contributed by atoms with Crippen molar-refractivity contribution >= 4 is 5.97 Å². The van der Waals surface area contributed by atoms with E-state index in [0.717, 1.165) is 5.75 Å². The maximum atomic E-state index is 11.7. The number of carbonyl (C=O) groups is 1. The Bertz CT molecular complexity index is 475. The molecular formula is C17H27NO3. The van der Waals surface area contributed by atoms with Crippen molar-refractivity contribution in [3.05, 3.63) is 29.8 Å². The van der Waals surface area contributed by atoms with Crippen LogP contribution in [0.5, 0.6) is 5.75 Å². The molecular weight excluding hydrogens is 266 g/mol. The molecule has 0 radical (unpaired) electrons. The van der Waals surface area contributed by atoms with Crippen LogP contribution in [0.15, 0.2) is 24.3 Å². The minimum absolute atomic E-state index is 0.0761. The summed E-state index contributed by atoms with van der Waals surface area (Å²) in [6.45, 7) is 10.6. The standard InChI is InChI=1S/C17H27NO3/c1-6-20-15(19)17(5,18)10-11-21-14-9-7-8-13(12-14)16(2,3)4/h7-9,12H,6,10-11,18H2,1-5H3. The van der Waals surface area contributed by atoms with Crippen LogP contribution >= 0.6 is 0 Å². The lowest BCUT2D eigenvalue weighted by Crippen LogP contribution is -2.47. The summed E-state index contributed by atoms with van der Waals surface area (Å²) in [5.41, 5.74) is 6.22. The predicted octanol–water partition coefficient (Wildman–Crippen LogP) is 3.03. The van der Waals surface area contributed by atoms with Crippen molar-refractivity contribution in [3.8, 4) is 5.75 Å². The maximum Gasteiger partial charge on any atom is 0.325 e. The normalized spacial score (nSPS) is 14.4. The summed E-state index contributed by atoms with van der Waals surface area (Å²) in [5, 5.41) is 0. The zero-order chi connectivity index (χ0) is 16.1. The van der Waals surface area contributed by atoms with E-state index in [1.807, 2.05) is 18.2 Å². The smallest absolute Gasteiger partial charge is 0.325 e. The molecule has 0 aliphatic rings. The van der Waals surface area contributed by atoms with Gasteiger partial charge in [0.15, 0.2) is 0 Å². The first-order chi connectivity index (χ1) is 9.66. The monoisotopic (exact) mass is 293 g/mol. The highest BCUT2D eigenvalue weighted by atomic mass is 16.5. The fraction of sp³-hybridized carbons (Fsp3) is 0.588. The van der Waals surface area contributed by atoms with Gasteiger partial charge in [0.1, 0.15) is 11.3 Å². The third-order valence-corrected chi connectivity index (χ3v) is 3.33. The first-order valence-corrected chi connectivity index (χ1v) is 7.36. The van der Waals surface area contributed by atoms with Gasteiger partial charge in [0, 0.05) is 6.42 Å². The summed E-state index contributed by atoms with van der Waals surface area (Å²) in [5.74, 6) is 0.402. The highest BCUT2D eigenvalue weighted by Crippen LogP contribution is 2.25. The van der Waals surface area contributed by atoms with E-state index in [4.69, 9.17) is 15.2 Å². The largest absolute Gasteiger partial charge is 0.493 e. The van der Waals surface area contributed by atoms with Gasteiger partial charge < -0.3 is 15.2 Å². The predicted molar refractivity (Wildman–Crippen MR) is 84.5 cm³/mol. The van der Waals surface area contributed by atoms with Crippen LogP contribution in [0, 0.1) is 0 Å². The molecule has 21 heavy (non-hydrogen) atoms. The van der Waals surface area contributed by atoms with Gasteiger partial charge in [0.25, 0.3) is 0 Å². The summed E-state index contributed by atoms with van der Waals surface area (Å²) < 4.78 is 10.7. The molecule has 2 N–H and O–H groups in total. The molecule has 1 unspecified atom stereocenters. The van der Waals surface area contributed by atoms with Gasteiger partial charge in [-0.05, 0) is 37.0 Å². The Morgan fingerprint density at radius 2 is 1.90 bits per heavy atom. The number of ether oxygens (including phenoxy) is 2. The van der Waals surface area contributed by atoms with Gasteiger partial charge >= 0.3 is 5.97 Å². The third kappa shape index (κ3) is 5.38. The van der Waals surface area contributed by atoms with Gasteiger partial charge in [-0.1, -0.05) is 32.9 Å². The average Bonchev–Trinajstić information content (AvgIpc) is 2.38. The second-order valence-corrected chi connectivity index (χ2v) is 6.51. The molecule has 0 heterocycles. The second kappa shape index (κ2) is 6.94. The van der Waals surface area contributed by atoms with Crippen molar-refractivity contribution in [3.63, 3.8) is 0 Å². The number of benzene rings is 1. The molecule has 0 saturated carbocycles. The van der Waals surface area contributed by atoms with Crippen LogP contribution in [0.4, 0.5) is 0 Å². The fourth-order valence-electron chi connectivity index (χ4n) is 1.83. The van der Waals surface area contributed by atoms with E-state index in [-0.39, 0.29) is 5.41 Å². The number of hydrogen-bond acceptors (Lipinski definition) is 4. The molecule has 1 atom stereocenters. The van der Waals surface area contributed by atoms with E-state index in [0.29, 0.717) is 19.6 Å². The van der Waals surface area contributed by atoms with Crippen LogP contribution < -0.4 is 10.5 Å². The molecule has 118 valence electrons. The van der Waals surface area contributed by atoms with Gasteiger partial charge in [-0.25, -0.2) is 0 Å². The lowest BCUT2D eigenvalue weighted by atomic mass is 9.87. The molecule has 0 saturated heterocycles. The van der Waals surface area contributed by atoms with E-state index in [2.05, 4.69) is 26.8 Å². The summed E-state index contributed by atoms with van der Waals surface area (Å²) in [6, 6.07) is 7.99. The molecule has 1 aromatic rings. The Morgan fingerprint density at radius 3 is 2.48 bits per heavy atom. The Morgan fingerprint density at radius 1 is 1.24 bits per heavy atom. The number of esters is 1. The van der Waals surface area contributed by atoms with Gasteiger partial charge in [-0.2, -0.15) is 0 Å². The topological polar surface area (TPSA) is 61.5 Å². The Hall–Kier alpha value is -1.55. The molecule has 0 amide bonds. The third-order valence-electron chi connectivity index (χ3n) is 3.33. The molecule has 0 spiro atoms. The van der Waals surface area contributed by atoms with E-state index < -0.39 is 11.5 Å². The van der Waals surface area contributed by atoms with Gasteiger partial charge in [-0.15, -0.1) is 0 Å². The van der Waals surface area contributed by atoms with Crippen molar-refractivity contribution in [2.75, 3.05) is 13.2 Å². The Labute approximate surface area is 127 Å². The molecule has 1 aromatic carbocycles. The number of carbonyl (C=O) groups excluding carboxylic acids is 1. The fourth-order valence-corrected chi connectivity index (χ4v) is 1.83. The molecule has 4 nitrogen and oxygen atoms in total. The maximum absolute atomic E-state index is 11.7. The zero-order valence-corrected chi connectivity index (χ0v) is 13.7.